The minimum atomic E-state index is -0.243. The lowest BCUT2D eigenvalue weighted by atomic mass is 10.1. The number of nitrogens with one attached hydrogen (secondary N) is 1. The number of carbonyl (C=O) groups excluding carboxylic acids is 1. The smallest absolute Gasteiger partial charge is 0.266 e. The van der Waals surface area contributed by atoms with Crippen molar-refractivity contribution in [1.82, 2.24) is 4.57 Å². The van der Waals surface area contributed by atoms with E-state index in [9.17, 15) is 9.18 Å². The fraction of sp³-hybridized carbons (Fsp3) is 0.238. The summed E-state index contributed by atoms with van der Waals surface area (Å²) >= 11 is 0. The maximum atomic E-state index is 13.2. The van der Waals surface area contributed by atoms with Gasteiger partial charge in [-0.15, -0.1) is 0 Å². The summed E-state index contributed by atoms with van der Waals surface area (Å²) in [5.41, 5.74) is 3.95. The second kappa shape index (κ2) is 6.75. The zero-order valence-electron chi connectivity index (χ0n) is 14.7. The zero-order chi connectivity index (χ0) is 18.1. The lowest BCUT2D eigenvalue weighted by Gasteiger charge is -2.04. The van der Waals surface area contributed by atoms with Gasteiger partial charge in [0.1, 0.15) is 12.0 Å². The Kier molecular flexibility index (Phi) is 4.29. The number of amides is 1. The van der Waals surface area contributed by atoms with Crippen molar-refractivity contribution in [2.24, 2.45) is 0 Å². The molecule has 5 heteroatoms. The third-order valence-electron chi connectivity index (χ3n) is 4.78. The molecule has 26 heavy (non-hydrogen) atoms. The number of benzene rings is 2. The van der Waals surface area contributed by atoms with Crippen LogP contribution in [0, 0.1) is 12.7 Å². The van der Waals surface area contributed by atoms with E-state index in [4.69, 9.17) is 0 Å². The van der Waals surface area contributed by atoms with Crippen LogP contribution in [0.1, 0.15) is 17.8 Å². The standard InChI is InChI=1S/C21H20FN3O/c1-15-4-10-18(11-5-15)23-20(26)14-24-13-19(25-12-2-3-21(24)25)16-6-8-17(22)9-7-16/h4-11,13H,2-3,12,14H2,1H3/p+1. The van der Waals surface area contributed by atoms with E-state index in [1.165, 1.54) is 12.1 Å². The monoisotopic (exact) mass is 350 g/mol. The minimum absolute atomic E-state index is 0.0511. The molecule has 1 aliphatic heterocycles. The van der Waals surface area contributed by atoms with Gasteiger partial charge in [-0.25, -0.2) is 13.5 Å². The normalized spacial score (nSPS) is 12.8. The van der Waals surface area contributed by atoms with Gasteiger partial charge in [0.15, 0.2) is 12.2 Å². The second-order valence-corrected chi connectivity index (χ2v) is 6.73. The third-order valence-corrected chi connectivity index (χ3v) is 4.78. The third kappa shape index (κ3) is 3.25. The molecule has 2 aromatic carbocycles. The SMILES string of the molecule is Cc1ccc(NC(=O)C[n+]2cc(-c3ccc(F)cc3)n3c2CCC3)cc1. The van der Waals surface area contributed by atoms with Gasteiger partial charge in [0.05, 0.1) is 13.0 Å². The van der Waals surface area contributed by atoms with Crippen molar-refractivity contribution >= 4 is 11.6 Å². The molecule has 4 nitrogen and oxygen atoms in total. The van der Waals surface area contributed by atoms with Crippen molar-refractivity contribution in [3.05, 3.63) is 71.9 Å². The average molecular weight is 350 g/mol. The molecule has 4 rings (SSSR count). The maximum Gasteiger partial charge on any atom is 0.266 e. The summed E-state index contributed by atoms with van der Waals surface area (Å²) < 4.78 is 17.5. The summed E-state index contributed by atoms with van der Waals surface area (Å²) in [5, 5.41) is 2.95. The van der Waals surface area contributed by atoms with Crippen LogP contribution in [0.2, 0.25) is 0 Å². The van der Waals surface area contributed by atoms with Gasteiger partial charge in [-0.2, -0.15) is 0 Å². The van der Waals surface area contributed by atoms with Gasteiger partial charge in [0.25, 0.3) is 11.7 Å². The number of hydrogen-bond acceptors (Lipinski definition) is 1. The highest BCUT2D eigenvalue weighted by Gasteiger charge is 2.29. The fourth-order valence-electron chi connectivity index (χ4n) is 3.49. The highest BCUT2D eigenvalue weighted by Crippen LogP contribution is 2.25. The van der Waals surface area contributed by atoms with Crippen LogP contribution in [0.25, 0.3) is 11.3 Å². The van der Waals surface area contributed by atoms with Crippen molar-refractivity contribution in [2.75, 3.05) is 5.32 Å². The largest absolute Gasteiger partial charge is 0.323 e. The van der Waals surface area contributed by atoms with Crippen molar-refractivity contribution in [3.8, 4) is 11.3 Å². The van der Waals surface area contributed by atoms with Gasteiger partial charge in [-0.05, 0) is 49.7 Å². The zero-order valence-corrected chi connectivity index (χ0v) is 14.7. The molecule has 3 aromatic rings. The molecular formula is C21H21FN3O+. The van der Waals surface area contributed by atoms with Crippen molar-refractivity contribution < 1.29 is 13.8 Å². The molecule has 0 saturated carbocycles. The number of aryl methyl sites for hydroxylation is 1. The van der Waals surface area contributed by atoms with E-state index in [0.29, 0.717) is 0 Å². The van der Waals surface area contributed by atoms with Crippen molar-refractivity contribution in [3.63, 3.8) is 0 Å². The molecule has 1 N–H and O–H groups in total. The first-order valence-corrected chi connectivity index (χ1v) is 8.84. The maximum absolute atomic E-state index is 13.2. The van der Waals surface area contributed by atoms with Crippen LogP contribution in [-0.4, -0.2) is 10.5 Å². The molecule has 0 aliphatic carbocycles. The summed E-state index contributed by atoms with van der Waals surface area (Å²) in [7, 11) is 0. The molecule has 0 radical (unpaired) electrons. The number of aromatic nitrogens is 2. The summed E-state index contributed by atoms with van der Waals surface area (Å²) in [4.78, 5) is 12.5. The molecule has 0 unspecified atom stereocenters. The molecule has 0 spiro atoms. The Labute approximate surface area is 151 Å². The number of rotatable bonds is 4. The molecule has 1 aliphatic rings. The molecular weight excluding hydrogens is 329 g/mol. The first kappa shape index (κ1) is 16.5. The van der Waals surface area contributed by atoms with E-state index in [2.05, 4.69) is 9.88 Å². The van der Waals surface area contributed by atoms with Crippen molar-refractivity contribution in [1.29, 1.82) is 0 Å². The summed E-state index contributed by atoms with van der Waals surface area (Å²) in [6, 6.07) is 14.3. The molecule has 1 amide bonds. The molecule has 1 aromatic heterocycles. The molecule has 132 valence electrons. The molecule has 0 saturated heterocycles. The van der Waals surface area contributed by atoms with Crippen LogP contribution in [0.5, 0.6) is 0 Å². The van der Waals surface area contributed by atoms with Crippen molar-refractivity contribution in [2.45, 2.75) is 32.9 Å². The van der Waals surface area contributed by atoms with Crippen LogP contribution >= 0.6 is 0 Å². The van der Waals surface area contributed by atoms with E-state index in [1.54, 1.807) is 12.1 Å². The molecule has 0 atom stereocenters. The Morgan fingerprint density at radius 3 is 2.62 bits per heavy atom. The van der Waals surface area contributed by atoms with Gasteiger partial charge in [0, 0.05) is 11.3 Å². The summed E-state index contributed by atoms with van der Waals surface area (Å²) in [6.07, 6.45) is 4.00. The Balaban J connectivity index is 1.57. The number of carbonyl (C=O) groups is 1. The van der Waals surface area contributed by atoms with Gasteiger partial charge >= 0.3 is 0 Å². The molecule has 0 fully saturated rings. The average Bonchev–Trinajstić information content (AvgIpc) is 3.22. The first-order valence-electron chi connectivity index (χ1n) is 8.84. The van der Waals surface area contributed by atoms with Crippen LogP contribution in [0.15, 0.2) is 54.7 Å². The summed E-state index contributed by atoms with van der Waals surface area (Å²) in [5.74, 6) is 0.848. The van der Waals surface area contributed by atoms with Crippen LogP contribution in [0.3, 0.4) is 0 Å². The topological polar surface area (TPSA) is 37.9 Å². The number of imidazole rings is 1. The Morgan fingerprint density at radius 2 is 1.88 bits per heavy atom. The van der Waals surface area contributed by atoms with E-state index >= 15 is 0 Å². The Morgan fingerprint density at radius 1 is 1.15 bits per heavy atom. The lowest BCUT2D eigenvalue weighted by molar-refractivity contribution is -0.690. The van der Waals surface area contributed by atoms with Gasteiger partial charge < -0.3 is 5.32 Å². The Bertz CT molecular complexity index is 943. The van der Waals surface area contributed by atoms with Gasteiger partial charge in [-0.1, -0.05) is 17.7 Å². The summed E-state index contributed by atoms with van der Waals surface area (Å²) in [6.45, 7) is 3.21. The highest BCUT2D eigenvalue weighted by molar-refractivity contribution is 5.89. The Hall–Kier alpha value is -2.95. The van der Waals surface area contributed by atoms with E-state index in [0.717, 1.165) is 47.7 Å². The number of anilines is 1. The minimum Gasteiger partial charge on any atom is -0.323 e. The quantitative estimate of drug-likeness (QED) is 0.719. The van der Waals surface area contributed by atoms with Gasteiger partial charge in [0.2, 0.25) is 0 Å². The lowest BCUT2D eigenvalue weighted by Crippen LogP contribution is -2.42. The number of halogens is 1. The predicted molar refractivity (Wildman–Crippen MR) is 98.2 cm³/mol. The van der Waals surface area contributed by atoms with Crippen LogP contribution in [0.4, 0.5) is 10.1 Å². The molecule has 2 heterocycles. The van der Waals surface area contributed by atoms with Gasteiger partial charge in [-0.3, -0.25) is 4.79 Å². The molecule has 0 bridgehead atoms. The first-order chi connectivity index (χ1) is 12.6. The number of nitrogens with zero attached hydrogens (tertiary/aromatic N) is 2. The fourth-order valence-corrected chi connectivity index (χ4v) is 3.49. The van der Waals surface area contributed by atoms with Crippen LogP contribution in [-0.2, 0) is 24.3 Å². The van der Waals surface area contributed by atoms with E-state index in [-0.39, 0.29) is 18.3 Å². The second-order valence-electron chi connectivity index (χ2n) is 6.73. The van der Waals surface area contributed by atoms with E-state index < -0.39 is 0 Å². The number of hydrogen-bond donors (Lipinski definition) is 1. The number of fused-ring (bicyclic) bond motifs is 1. The van der Waals surface area contributed by atoms with Crippen LogP contribution < -0.4 is 9.88 Å². The van der Waals surface area contributed by atoms with E-state index in [1.807, 2.05) is 42.0 Å². The predicted octanol–water partition coefficient (Wildman–Crippen LogP) is 3.48. The highest BCUT2D eigenvalue weighted by atomic mass is 19.1.